The molecule has 0 aromatic heterocycles. The zero-order valence-electron chi connectivity index (χ0n) is 14.7. The number of para-hydroxylation sites is 1. The molecular weight excluding hydrogens is 300 g/mol. The highest BCUT2D eigenvalue weighted by atomic mass is 16.5. The van der Waals surface area contributed by atoms with E-state index >= 15 is 0 Å². The van der Waals surface area contributed by atoms with E-state index in [-0.39, 0.29) is 5.91 Å². The highest BCUT2D eigenvalue weighted by Crippen LogP contribution is 2.18. The number of rotatable bonds is 8. The normalized spacial score (nSPS) is 10.3. The Balaban J connectivity index is 1.71. The van der Waals surface area contributed by atoms with Crippen LogP contribution in [0, 0.1) is 13.8 Å². The van der Waals surface area contributed by atoms with Crippen LogP contribution in [0.2, 0.25) is 0 Å². The lowest BCUT2D eigenvalue weighted by Crippen LogP contribution is -2.27. The van der Waals surface area contributed by atoms with Crippen molar-refractivity contribution in [1.82, 2.24) is 5.32 Å². The third-order valence-electron chi connectivity index (χ3n) is 4.18. The molecule has 0 spiro atoms. The molecule has 0 heterocycles. The quantitative estimate of drug-likeness (QED) is 0.781. The number of carbonyl (C=O) groups excluding carboxylic acids is 1. The first kappa shape index (κ1) is 17.9. The van der Waals surface area contributed by atoms with Crippen LogP contribution < -0.4 is 15.4 Å². The zero-order chi connectivity index (χ0) is 17.4. The molecule has 4 heteroatoms. The summed E-state index contributed by atoms with van der Waals surface area (Å²) >= 11 is 0. The van der Waals surface area contributed by atoms with E-state index in [0.29, 0.717) is 19.5 Å². The van der Waals surface area contributed by atoms with E-state index in [1.165, 1.54) is 11.1 Å². The summed E-state index contributed by atoms with van der Waals surface area (Å²) in [6.45, 7) is 5.42. The summed E-state index contributed by atoms with van der Waals surface area (Å²) < 4.78 is 5.31. The van der Waals surface area contributed by atoms with Gasteiger partial charge in [0.05, 0.1) is 7.11 Å². The molecule has 0 saturated carbocycles. The number of anilines is 1. The molecule has 0 bridgehead atoms. The minimum Gasteiger partial charge on any atom is -0.496 e. The molecule has 1 amide bonds. The number of methoxy groups -OCH3 is 1. The van der Waals surface area contributed by atoms with Gasteiger partial charge in [-0.2, -0.15) is 0 Å². The Kier molecular flexibility index (Phi) is 6.67. The second kappa shape index (κ2) is 8.96. The van der Waals surface area contributed by atoms with Crippen LogP contribution in [0.15, 0.2) is 42.5 Å². The van der Waals surface area contributed by atoms with Gasteiger partial charge in [-0.1, -0.05) is 30.3 Å². The fourth-order valence-corrected chi connectivity index (χ4v) is 2.59. The van der Waals surface area contributed by atoms with Crippen LogP contribution in [0.5, 0.6) is 5.75 Å². The highest BCUT2D eigenvalue weighted by Gasteiger charge is 2.05. The molecule has 0 aliphatic rings. The number of hydrogen-bond acceptors (Lipinski definition) is 3. The third kappa shape index (κ3) is 5.01. The lowest BCUT2D eigenvalue weighted by Gasteiger charge is -2.12. The maximum atomic E-state index is 11.9. The van der Waals surface area contributed by atoms with Crippen molar-refractivity contribution in [2.75, 3.05) is 25.5 Å². The van der Waals surface area contributed by atoms with Gasteiger partial charge in [0, 0.05) is 25.2 Å². The van der Waals surface area contributed by atoms with Crippen LogP contribution in [0.4, 0.5) is 5.69 Å². The van der Waals surface area contributed by atoms with E-state index in [9.17, 15) is 4.79 Å². The summed E-state index contributed by atoms with van der Waals surface area (Å²) in [5, 5.41) is 6.29. The smallest absolute Gasteiger partial charge is 0.221 e. The Bertz CT molecular complexity index is 683. The SMILES string of the molecule is COc1ccccc1CCNC(=O)CCNc1cccc(C)c1C. The van der Waals surface area contributed by atoms with E-state index in [0.717, 1.165) is 23.4 Å². The van der Waals surface area contributed by atoms with E-state index in [1.54, 1.807) is 7.11 Å². The molecule has 0 radical (unpaired) electrons. The molecule has 128 valence electrons. The van der Waals surface area contributed by atoms with Crippen molar-refractivity contribution in [2.45, 2.75) is 26.7 Å². The minimum atomic E-state index is 0.0581. The first-order chi connectivity index (χ1) is 11.6. The van der Waals surface area contributed by atoms with Gasteiger partial charge in [0.1, 0.15) is 5.75 Å². The van der Waals surface area contributed by atoms with Crippen molar-refractivity contribution in [3.05, 3.63) is 59.2 Å². The molecule has 2 aromatic carbocycles. The van der Waals surface area contributed by atoms with Crippen LogP contribution in [0.25, 0.3) is 0 Å². The lowest BCUT2D eigenvalue weighted by molar-refractivity contribution is -0.120. The monoisotopic (exact) mass is 326 g/mol. The minimum absolute atomic E-state index is 0.0581. The predicted octanol–water partition coefficient (Wildman–Crippen LogP) is 3.47. The van der Waals surface area contributed by atoms with Crippen molar-refractivity contribution in [1.29, 1.82) is 0 Å². The molecule has 2 aromatic rings. The summed E-state index contributed by atoms with van der Waals surface area (Å²) in [6, 6.07) is 14.0. The van der Waals surface area contributed by atoms with E-state index in [2.05, 4.69) is 30.5 Å². The molecule has 24 heavy (non-hydrogen) atoms. The van der Waals surface area contributed by atoms with Gasteiger partial charge in [0.15, 0.2) is 0 Å². The van der Waals surface area contributed by atoms with Crippen LogP contribution in [-0.4, -0.2) is 26.1 Å². The molecule has 0 atom stereocenters. The number of nitrogens with one attached hydrogen (secondary N) is 2. The van der Waals surface area contributed by atoms with E-state index in [4.69, 9.17) is 4.74 Å². The molecule has 0 saturated heterocycles. The van der Waals surface area contributed by atoms with Gasteiger partial charge < -0.3 is 15.4 Å². The highest BCUT2D eigenvalue weighted by molar-refractivity contribution is 5.76. The Hall–Kier alpha value is -2.49. The first-order valence-electron chi connectivity index (χ1n) is 8.30. The molecule has 2 N–H and O–H groups in total. The van der Waals surface area contributed by atoms with Gasteiger partial charge in [-0.3, -0.25) is 4.79 Å². The lowest BCUT2D eigenvalue weighted by atomic mass is 10.1. The molecule has 0 aliphatic carbocycles. The van der Waals surface area contributed by atoms with Gasteiger partial charge in [0.25, 0.3) is 0 Å². The molecule has 4 nitrogen and oxygen atoms in total. The fraction of sp³-hybridized carbons (Fsp3) is 0.350. The zero-order valence-corrected chi connectivity index (χ0v) is 14.7. The van der Waals surface area contributed by atoms with Crippen LogP contribution in [0.3, 0.4) is 0 Å². The van der Waals surface area contributed by atoms with E-state index < -0.39 is 0 Å². The fourth-order valence-electron chi connectivity index (χ4n) is 2.59. The molecule has 0 aliphatic heterocycles. The van der Waals surface area contributed by atoms with Crippen LogP contribution in [-0.2, 0) is 11.2 Å². The van der Waals surface area contributed by atoms with Gasteiger partial charge >= 0.3 is 0 Å². The average molecular weight is 326 g/mol. The van der Waals surface area contributed by atoms with Crippen molar-refractivity contribution in [3.8, 4) is 5.75 Å². The predicted molar refractivity (Wildman–Crippen MR) is 98.7 cm³/mol. The molecular formula is C20H26N2O2. The van der Waals surface area contributed by atoms with Crippen LogP contribution in [0.1, 0.15) is 23.1 Å². The Morgan fingerprint density at radius 1 is 1.04 bits per heavy atom. The van der Waals surface area contributed by atoms with Gasteiger partial charge in [-0.15, -0.1) is 0 Å². The summed E-state index contributed by atoms with van der Waals surface area (Å²) in [5.41, 5.74) is 4.68. The summed E-state index contributed by atoms with van der Waals surface area (Å²) in [7, 11) is 1.66. The number of benzene rings is 2. The number of hydrogen-bond donors (Lipinski definition) is 2. The van der Waals surface area contributed by atoms with Crippen molar-refractivity contribution in [2.24, 2.45) is 0 Å². The third-order valence-corrected chi connectivity index (χ3v) is 4.18. The maximum absolute atomic E-state index is 11.9. The Morgan fingerprint density at radius 3 is 2.62 bits per heavy atom. The largest absolute Gasteiger partial charge is 0.496 e. The molecule has 0 unspecified atom stereocenters. The molecule has 2 rings (SSSR count). The van der Waals surface area contributed by atoms with E-state index in [1.807, 2.05) is 36.4 Å². The number of ether oxygens (including phenoxy) is 1. The summed E-state index contributed by atoms with van der Waals surface area (Å²) in [4.78, 5) is 11.9. The standard InChI is InChI=1S/C20H26N2O2/c1-15-7-6-9-18(16(15)2)21-14-12-20(23)22-13-11-17-8-4-5-10-19(17)24-3/h4-10,21H,11-14H2,1-3H3,(H,22,23). The molecule has 0 fully saturated rings. The summed E-state index contributed by atoms with van der Waals surface area (Å²) in [5.74, 6) is 0.922. The summed E-state index contributed by atoms with van der Waals surface area (Å²) in [6.07, 6.45) is 1.22. The maximum Gasteiger partial charge on any atom is 0.221 e. The van der Waals surface area contributed by atoms with Gasteiger partial charge in [0.2, 0.25) is 5.91 Å². The number of amides is 1. The number of carbonyl (C=O) groups is 1. The first-order valence-corrected chi connectivity index (χ1v) is 8.30. The number of aryl methyl sites for hydroxylation is 1. The van der Waals surface area contributed by atoms with Gasteiger partial charge in [-0.05, 0) is 49.1 Å². The average Bonchev–Trinajstić information content (AvgIpc) is 2.59. The Labute approximate surface area is 144 Å². The Morgan fingerprint density at radius 2 is 1.83 bits per heavy atom. The van der Waals surface area contributed by atoms with Crippen LogP contribution >= 0.6 is 0 Å². The topological polar surface area (TPSA) is 50.4 Å². The van der Waals surface area contributed by atoms with Crippen molar-refractivity contribution < 1.29 is 9.53 Å². The second-order valence-electron chi connectivity index (χ2n) is 5.84. The second-order valence-corrected chi connectivity index (χ2v) is 5.84. The van der Waals surface area contributed by atoms with Crippen molar-refractivity contribution in [3.63, 3.8) is 0 Å². The van der Waals surface area contributed by atoms with Gasteiger partial charge in [-0.25, -0.2) is 0 Å². The van der Waals surface area contributed by atoms with Crippen molar-refractivity contribution >= 4 is 11.6 Å².